The third kappa shape index (κ3) is 5.58. The third-order valence-corrected chi connectivity index (χ3v) is 3.87. The normalized spacial score (nSPS) is 10.3. The van der Waals surface area contributed by atoms with Crippen LogP contribution in [0, 0.1) is 19.7 Å². The molecule has 29 heavy (non-hydrogen) atoms. The molecule has 1 amide bonds. The molecule has 0 aliphatic rings. The first-order valence-corrected chi connectivity index (χ1v) is 8.70. The van der Waals surface area contributed by atoms with E-state index in [9.17, 15) is 14.0 Å². The molecular formula is C21H18FN3O4. The zero-order valence-corrected chi connectivity index (χ0v) is 15.8. The highest BCUT2D eigenvalue weighted by Crippen LogP contribution is 2.19. The average molecular weight is 395 g/mol. The number of aromatic nitrogens is 2. The van der Waals surface area contributed by atoms with E-state index in [2.05, 4.69) is 15.3 Å². The topological polar surface area (TPSA) is 90.4 Å². The summed E-state index contributed by atoms with van der Waals surface area (Å²) < 4.78 is 23.3. The summed E-state index contributed by atoms with van der Waals surface area (Å²) in [4.78, 5) is 31.9. The first-order chi connectivity index (χ1) is 13.9. The van der Waals surface area contributed by atoms with Crippen molar-refractivity contribution in [2.75, 3.05) is 11.9 Å². The number of amides is 1. The largest absolute Gasteiger partial charge is 0.451 e. The Hall–Kier alpha value is -3.81. The van der Waals surface area contributed by atoms with E-state index < -0.39 is 17.7 Å². The maximum Gasteiger partial charge on any atom is 0.349 e. The summed E-state index contributed by atoms with van der Waals surface area (Å²) in [5, 5.41) is 2.59. The smallest absolute Gasteiger partial charge is 0.349 e. The Kier molecular flexibility index (Phi) is 6.13. The predicted molar refractivity (Wildman–Crippen MR) is 103 cm³/mol. The fraction of sp³-hybridized carbons (Fsp3) is 0.143. The van der Waals surface area contributed by atoms with Crippen LogP contribution in [0.1, 0.15) is 21.5 Å². The molecular weight excluding hydrogens is 377 g/mol. The zero-order chi connectivity index (χ0) is 20.8. The standard InChI is InChI=1S/C21H18FN3O4/c1-13-3-8-18(14(2)9-13)29-19(26)12-28-21-23-10-15(11-24-21)20(27)25-17-6-4-16(22)5-7-17/h3-11H,12H2,1-2H3,(H,25,27). The average Bonchev–Trinajstić information content (AvgIpc) is 2.70. The quantitative estimate of drug-likeness (QED) is 0.508. The first kappa shape index (κ1) is 19.9. The van der Waals surface area contributed by atoms with Crippen molar-refractivity contribution in [3.05, 3.63) is 77.4 Å². The molecule has 0 saturated heterocycles. The van der Waals surface area contributed by atoms with E-state index in [1.54, 1.807) is 6.07 Å². The molecule has 0 atom stereocenters. The van der Waals surface area contributed by atoms with Gasteiger partial charge in [0, 0.05) is 18.1 Å². The number of hydrogen-bond acceptors (Lipinski definition) is 6. The number of anilines is 1. The van der Waals surface area contributed by atoms with Gasteiger partial charge in [-0.15, -0.1) is 0 Å². The van der Waals surface area contributed by atoms with Crippen LogP contribution in [-0.4, -0.2) is 28.5 Å². The number of carbonyl (C=O) groups excluding carboxylic acids is 2. The number of carbonyl (C=O) groups is 2. The molecule has 3 aromatic rings. The minimum Gasteiger partial charge on any atom is -0.451 e. The van der Waals surface area contributed by atoms with Crippen molar-refractivity contribution in [2.24, 2.45) is 0 Å². The number of ether oxygens (including phenoxy) is 2. The molecule has 8 heteroatoms. The first-order valence-electron chi connectivity index (χ1n) is 8.70. The lowest BCUT2D eigenvalue weighted by molar-refractivity contribution is -0.136. The molecule has 0 unspecified atom stereocenters. The molecule has 1 heterocycles. The number of nitrogens with one attached hydrogen (secondary N) is 1. The lowest BCUT2D eigenvalue weighted by Crippen LogP contribution is -2.19. The number of aryl methyl sites for hydroxylation is 2. The molecule has 0 fully saturated rings. The zero-order valence-electron chi connectivity index (χ0n) is 15.8. The second-order valence-electron chi connectivity index (χ2n) is 6.25. The fourth-order valence-corrected chi connectivity index (χ4v) is 2.43. The highest BCUT2D eigenvalue weighted by atomic mass is 19.1. The Bertz CT molecular complexity index is 1020. The number of esters is 1. The van der Waals surface area contributed by atoms with Gasteiger partial charge in [-0.05, 0) is 49.7 Å². The molecule has 0 spiro atoms. The summed E-state index contributed by atoms with van der Waals surface area (Å²) in [5.74, 6) is -1.00. The van der Waals surface area contributed by atoms with Gasteiger partial charge in [0.1, 0.15) is 11.6 Å². The number of halogens is 1. The lowest BCUT2D eigenvalue weighted by Gasteiger charge is -2.09. The van der Waals surface area contributed by atoms with Gasteiger partial charge in [0.15, 0.2) is 6.61 Å². The van der Waals surface area contributed by atoms with Crippen LogP contribution in [0.4, 0.5) is 10.1 Å². The second-order valence-corrected chi connectivity index (χ2v) is 6.25. The lowest BCUT2D eigenvalue weighted by atomic mass is 10.1. The van der Waals surface area contributed by atoms with E-state index >= 15 is 0 Å². The fourth-order valence-electron chi connectivity index (χ4n) is 2.43. The van der Waals surface area contributed by atoms with Crippen molar-refractivity contribution in [1.82, 2.24) is 9.97 Å². The highest BCUT2D eigenvalue weighted by molar-refractivity contribution is 6.03. The molecule has 3 rings (SSSR count). The molecule has 7 nitrogen and oxygen atoms in total. The maximum atomic E-state index is 12.9. The van der Waals surface area contributed by atoms with Crippen molar-refractivity contribution in [3.63, 3.8) is 0 Å². The number of rotatable bonds is 6. The molecule has 1 aromatic heterocycles. The highest BCUT2D eigenvalue weighted by Gasteiger charge is 2.11. The van der Waals surface area contributed by atoms with Gasteiger partial charge in [-0.25, -0.2) is 19.2 Å². The van der Waals surface area contributed by atoms with E-state index in [-0.39, 0.29) is 18.2 Å². The van der Waals surface area contributed by atoms with E-state index in [1.165, 1.54) is 36.7 Å². The van der Waals surface area contributed by atoms with Gasteiger partial charge in [0.05, 0.1) is 5.56 Å². The van der Waals surface area contributed by atoms with Crippen LogP contribution in [0.2, 0.25) is 0 Å². The van der Waals surface area contributed by atoms with Crippen molar-refractivity contribution < 1.29 is 23.5 Å². The second kappa shape index (κ2) is 8.92. The minimum atomic E-state index is -0.598. The van der Waals surface area contributed by atoms with Crippen molar-refractivity contribution >= 4 is 17.6 Å². The minimum absolute atomic E-state index is 0.0686. The van der Waals surface area contributed by atoms with E-state index in [0.29, 0.717) is 11.4 Å². The summed E-state index contributed by atoms with van der Waals surface area (Å²) in [6, 6.07) is 10.7. The van der Waals surface area contributed by atoms with Gasteiger partial charge in [-0.1, -0.05) is 17.7 Å². The number of benzene rings is 2. The van der Waals surface area contributed by atoms with E-state index in [1.807, 2.05) is 26.0 Å². The number of hydrogen-bond donors (Lipinski definition) is 1. The van der Waals surface area contributed by atoms with Crippen molar-refractivity contribution in [1.29, 1.82) is 0 Å². The molecule has 1 N–H and O–H groups in total. The SMILES string of the molecule is Cc1ccc(OC(=O)COc2ncc(C(=O)Nc3ccc(F)cc3)cn2)c(C)c1. The van der Waals surface area contributed by atoms with Crippen LogP contribution in [0.25, 0.3) is 0 Å². The van der Waals surface area contributed by atoms with Gasteiger partial charge in [0.2, 0.25) is 0 Å². The van der Waals surface area contributed by atoms with Crippen LogP contribution < -0.4 is 14.8 Å². The van der Waals surface area contributed by atoms with E-state index in [0.717, 1.165) is 11.1 Å². The Morgan fingerprint density at radius 1 is 1.03 bits per heavy atom. The Balaban J connectivity index is 1.52. The maximum absolute atomic E-state index is 12.9. The molecule has 0 aliphatic heterocycles. The monoisotopic (exact) mass is 395 g/mol. The third-order valence-electron chi connectivity index (χ3n) is 3.87. The van der Waals surface area contributed by atoms with E-state index in [4.69, 9.17) is 9.47 Å². The Labute approximate surface area is 166 Å². The molecule has 0 bridgehead atoms. The van der Waals surface area contributed by atoms with Crippen LogP contribution in [0.3, 0.4) is 0 Å². The molecule has 2 aromatic carbocycles. The Morgan fingerprint density at radius 3 is 2.38 bits per heavy atom. The van der Waals surface area contributed by atoms with Crippen LogP contribution in [-0.2, 0) is 4.79 Å². The predicted octanol–water partition coefficient (Wildman–Crippen LogP) is 3.47. The molecule has 148 valence electrons. The van der Waals surface area contributed by atoms with Gasteiger partial charge in [0.25, 0.3) is 5.91 Å². The van der Waals surface area contributed by atoms with Crippen molar-refractivity contribution in [2.45, 2.75) is 13.8 Å². The summed E-state index contributed by atoms with van der Waals surface area (Å²) >= 11 is 0. The molecule has 0 radical (unpaired) electrons. The summed E-state index contributed by atoms with van der Waals surface area (Å²) in [6.07, 6.45) is 2.52. The Morgan fingerprint density at radius 2 is 1.72 bits per heavy atom. The number of nitrogens with zero attached hydrogens (tertiary/aromatic N) is 2. The summed E-state index contributed by atoms with van der Waals surface area (Å²) in [5.41, 5.74) is 2.52. The molecule has 0 aliphatic carbocycles. The van der Waals surface area contributed by atoms with Gasteiger partial charge < -0.3 is 14.8 Å². The van der Waals surface area contributed by atoms with Gasteiger partial charge in [-0.3, -0.25) is 4.79 Å². The summed E-state index contributed by atoms with van der Waals surface area (Å²) in [7, 11) is 0. The van der Waals surface area contributed by atoms with Crippen LogP contribution in [0.15, 0.2) is 54.9 Å². The van der Waals surface area contributed by atoms with Crippen molar-refractivity contribution in [3.8, 4) is 11.8 Å². The van der Waals surface area contributed by atoms with Gasteiger partial charge >= 0.3 is 12.0 Å². The summed E-state index contributed by atoms with van der Waals surface area (Å²) in [6.45, 7) is 3.41. The van der Waals surface area contributed by atoms with Crippen LogP contribution in [0.5, 0.6) is 11.8 Å². The molecule has 0 saturated carbocycles. The van der Waals surface area contributed by atoms with Gasteiger partial charge in [-0.2, -0.15) is 0 Å². The van der Waals surface area contributed by atoms with Crippen LogP contribution >= 0.6 is 0 Å².